The zero-order valence-corrected chi connectivity index (χ0v) is 14.8. The van der Waals surface area contributed by atoms with E-state index in [4.69, 9.17) is 0 Å². The lowest BCUT2D eigenvalue weighted by Gasteiger charge is -2.33. The standard InChI is InChI=1S/C19H17F3N4O/c1-11-3-4-13-10-14(5-6-15(13)23-11)18(27)25-8-7-16(19(20,21)22)26-17(25)9-12(2)24-26/h3-6,9-10,16H,7-8H2,1-2H3/t16-/m1/s1. The molecule has 27 heavy (non-hydrogen) atoms. The van der Waals surface area contributed by atoms with Crippen molar-refractivity contribution in [1.29, 1.82) is 0 Å². The van der Waals surface area contributed by atoms with Gasteiger partial charge in [-0.1, -0.05) is 6.07 Å². The largest absolute Gasteiger partial charge is 0.410 e. The van der Waals surface area contributed by atoms with E-state index < -0.39 is 12.2 Å². The number of fused-ring (bicyclic) bond motifs is 2. The Balaban J connectivity index is 1.72. The van der Waals surface area contributed by atoms with Crippen LogP contribution in [0.5, 0.6) is 0 Å². The first kappa shape index (κ1) is 17.5. The first-order valence-electron chi connectivity index (χ1n) is 8.56. The molecule has 1 atom stereocenters. The van der Waals surface area contributed by atoms with Crippen molar-refractivity contribution in [2.75, 3.05) is 11.4 Å². The summed E-state index contributed by atoms with van der Waals surface area (Å²) in [5.74, 6) is -0.174. The predicted octanol–water partition coefficient (Wildman–Crippen LogP) is 4.20. The molecule has 0 radical (unpaired) electrons. The molecule has 1 aliphatic rings. The third-order valence-electron chi connectivity index (χ3n) is 4.73. The van der Waals surface area contributed by atoms with Gasteiger partial charge in [0, 0.05) is 29.3 Å². The van der Waals surface area contributed by atoms with Crippen molar-refractivity contribution in [3.05, 3.63) is 53.3 Å². The number of benzene rings is 1. The highest BCUT2D eigenvalue weighted by atomic mass is 19.4. The molecule has 0 bridgehead atoms. The van der Waals surface area contributed by atoms with Crippen LogP contribution in [0, 0.1) is 13.8 Å². The Morgan fingerprint density at radius 1 is 1.11 bits per heavy atom. The molecule has 2 aromatic heterocycles. The van der Waals surface area contributed by atoms with Gasteiger partial charge in [0.1, 0.15) is 5.82 Å². The highest BCUT2D eigenvalue weighted by molar-refractivity contribution is 6.07. The fourth-order valence-electron chi connectivity index (χ4n) is 3.45. The molecule has 0 saturated heterocycles. The Labute approximate surface area is 153 Å². The Kier molecular flexibility index (Phi) is 3.94. The lowest BCUT2D eigenvalue weighted by Crippen LogP contribution is -2.43. The van der Waals surface area contributed by atoms with Crippen molar-refractivity contribution in [2.45, 2.75) is 32.5 Å². The third-order valence-corrected chi connectivity index (χ3v) is 4.73. The van der Waals surface area contributed by atoms with E-state index in [0.29, 0.717) is 11.3 Å². The number of halogens is 3. The van der Waals surface area contributed by atoms with E-state index in [9.17, 15) is 18.0 Å². The summed E-state index contributed by atoms with van der Waals surface area (Å²) >= 11 is 0. The van der Waals surface area contributed by atoms with Crippen LogP contribution in [0.25, 0.3) is 10.9 Å². The number of pyridine rings is 1. The van der Waals surface area contributed by atoms with Crippen LogP contribution in [0.3, 0.4) is 0 Å². The van der Waals surface area contributed by atoms with Gasteiger partial charge < -0.3 is 0 Å². The Morgan fingerprint density at radius 2 is 1.89 bits per heavy atom. The number of rotatable bonds is 1. The molecule has 0 aliphatic carbocycles. The maximum Gasteiger partial charge on any atom is 0.410 e. The van der Waals surface area contributed by atoms with Crippen LogP contribution < -0.4 is 4.90 Å². The van der Waals surface area contributed by atoms with E-state index in [0.717, 1.165) is 21.3 Å². The van der Waals surface area contributed by atoms with Crippen molar-refractivity contribution in [3.63, 3.8) is 0 Å². The average Bonchev–Trinajstić information content (AvgIpc) is 2.99. The van der Waals surface area contributed by atoms with Crippen molar-refractivity contribution < 1.29 is 18.0 Å². The van der Waals surface area contributed by atoms with E-state index in [1.165, 1.54) is 11.0 Å². The van der Waals surface area contributed by atoms with Crippen molar-refractivity contribution in [2.24, 2.45) is 0 Å². The summed E-state index contributed by atoms with van der Waals surface area (Å²) in [4.78, 5) is 18.8. The van der Waals surface area contributed by atoms with Gasteiger partial charge in [-0.05, 0) is 44.5 Å². The molecule has 4 rings (SSSR count). The number of alkyl halides is 3. The Morgan fingerprint density at radius 3 is 2.63 bits per heavy atom. The van der Waals surface area contributed by atoms with Gasteiger partial charge >= 0.3 is 6.18 Å². The molecule has 1 aromatic carbocycles. The molecule has 140 valence electrons. The van der Waals surface area contributed by atoms with Crippen LogP contribution in [-0.4, -0.2) is 33.4 Å². The molecule has 3 heterocycles. The molecule has 3 aromatic rings. The number of amides is 1. The van der Waals surface area contributed by atoms with Gasteiger partial charge in [0.15, 0.2) is 6.04 Å². The van der Waals surface area contributed by atoms with Gasteiger partial charge in [-0.25, -0.2) is 4.68 Å². The number of carbonyl (C=O) groups is 1. The summed E-state index contributed by atoms with van der Waals surface area (Å²) in [6, 6.07) is 8.65. The SMILES string of the molecule is Cc1ccc2cc(C(=O)N3CC[C@H](C(F)(F)F)n4nc(C)cc43)ccc2n1. The van der Waals surface area contributed by atoms with E-state index in [2.05, 4.69) is 10.1 Å². The minimum atomic E-state index is -4.41. The van der Waals surface area contributed by atoms with Gasteiger partial charge in [-0.2, -0.15) is 18.3 Å². The minimum Gasteiger partial charge on any atom is -0.293 e. The number of carbonyl (C=O) groups excluding carboxylic acids is 1. The van der Waals surface area contributed by atoms with Crippen LogP contribution in [0.2, 0.25) is 0 Å². The Bertz CT molecular complexity index is 1040. The summed E-state index contributed by atoms with van der Waals surface area (Å²) in [6.45, 7) is 3.48. The van der Waals surface area contributed by atoms with Gasteiger partial charge in [-0.3, -0.25) is 14.7 Å². The summed E-state index contributed by atoms with van der Waals surface area (Å²) < 4.78 is 40.9. The molecule has 0 unspecified atom stereocenters. The normalized spacial score (nSPS) is 17.2. The van der Waals surface area contributed by atoms with E-state index >= 15 is 0 Å². The maximum absolute atomic E-state index is 13.3. The van der Waals surface area contributed by atoms with Crippen molar-refractivity contribution >= 4 is 22.6 Å². The fraction of sp³-hybridized carbons (Fsp3) is 0.316. The van der Waals surface area contributed by atoms with E-state index in [-0.39, 0.29) is 24.7 Å². The lowest BCUT2D eigenvalue weighted by molar-refractivity contribution is -0.172. The van der Waals surface area contributed by atoms with Crippen LogP contribution in [0.1, 0.15) is 34.2 Å². The van der Waals surface area contributed by atoms with E-state index in [1.807, 2.05) is 19.1 Å². The molecule has 0 saturated carbocycles. The fourth-order valence-corrected chi connectivity index (χ4v) is 3.45. The first-order chi connectivity index (χ1) is 12.7. The lowest BCUT2D eigenvalue weighted by atomic mass is 10.1. The quantitative estimate of drug-likeness (QED) is 0.641. The second-order valence-corrected chi connectivity index (χ2v) is 6.75. The second kappa shape index (κ2) is 6.07. The summed E-state index contributed by atoms with van der Waals surface area (Å²) in [5.41, 5.74) is 2.49. The zero-order valence-electron chi connectivity index (χ0n) is 14.8. The van der Waals surface area contributed by atoms with Crippen molar-refractivity contribution in [3.8, 4) is 0 Å². The Hall–Kier alpha value is -2.90. The third kappa shape index (κ3) is 3.05. The minimum absolute atomic E-state index is 0.0155. The average molecular weight is 374 g/mol. The van der Waals surface area contributed by atoms with Gasteiger partial charge in [0.05, 0.1) is 11.2 Å². The number of aryl methyl sites for hydroxylation is 2. The molecular formula is C19H17F3N4O. The van der Waals surface area contributed by atoms with E-state index in [1.54, 1.807) is 25.1 Å². The number of anilines is 1. The first-order valence-corrected chi connectivity index (χ1v) is 8.56. The van der Waals surface area contributed by atoms with Gasteiger partial charge in [0.2, 0.25) is 0 Å². The summed E-state index contributed by atoms with van der Waals surface area (Å²) in [6.07, 6.45) is -4.63. The molecule has 1 aliphatic heterocycles. The highest BCUT2D eigenvalue weighted by Gasteiger charge is 2.46. The molecule has 0 spiro atoms. The topological polar surface area (TPSA) is 51.0 Å². The summed E-state index contributed by atoms with van der Waals surface area (Å²) in [7, 11) is 0. The molecule has 0 N–H and O–H groups in total. The summed E-state index contributed by atoms with van der Waals surface area (Å²) in [5, 5.41) is 4.78. The van der Waals surface area contributed by atoms with Crippen molar-refractivity contribution in [1.82, 2.24) is 14.8 Å². The molecule has 1 amide bonds. The predicted molar refractivity (Wildman–Crippen MR) is 94.8 cm³/mol. The van der Waals surface area contributed by atoms with Crippen LogP contribution >= 0.6 is 0 Å². The monoisotopic (exact) mass is 374 g/mol. The number of hydrogen-bond donors (Lipinski definition) is 0. The van der Waals surface area contributed by atoms with Gasteiger partial charge in [-0.15, -0.1) is 0 Å². The molecule has 8 heteroatoms. The zero-order chi connectivity index (χ0) is 19.3. The number of hydrogen-bond acceptors (Lipinski definition) is 3. The maximum atomic E-state index is 13.3. The smallest absolute Gasteiger partial charge is 0.293 e. The molecule has 0 fully saturated rings. The van der Waals surface area contributed by atoms with Crippen LogP contribution in [0.4, 0.5) is 19.0 Å². The number of aromatic nitrogens is 3. The van der Waals surface area contributed by atoms with Crippen LogP contribution in [0.15, 0.2) is 36.4 Å². The molecular weight excluding hydrogens is 357 g/mol. The highest BCUT2D eigenvalue weighted by Crippen LogP contribution is 2.39. The van der Waals surface area contributed by atoms with Crippen LogP contribution in [-0.2, 0) is 0 Å². The molecule has 5 nitrogen and oxygen atoms in total. The second-order valence-electron chi connectivity index (χ2n) is 6.75. The van der Waals surface area contributed by atoms with Gasteiger partial charge in [0.25, 0.3) is 5.91 Å². The number of nitrogens with zero attached hydrogens (tertiary/aromatic N) is 4.